The lowest BCUT2D eigenvalue weighted by molar-refractivity contribution is -0.384. The summed E-state index contributed by atoms with van der Waals surface area (Å²) in [6.45, 7) is 1.57. The van der Waals surface area contributed by atoms with Crippen LogP contribution in [0.25, 0.3) is 0 Å². The van der Waals surface area contributed by atoms with Gasteiger partial charge in [-0.1, -0.05) is 6.07 Å². The van der Waals surface area contributed by atoms with Crippen LogP contribution >= 0.6 is 0 Å². The monoisotopic (exact) mass is 336 g/mol. The minimum Gasteiger partial charge on any atom is -0.342 e. The van der Waals surface area contributed by atoms with Crippen LogP contribution in [-0.2, 0) is 4.79 Å². The number of halogens is 2. The first-order valence-corrected chi connectivity index (χ1v) is 7.02. The number of nitro groups is 1. The first-order valence-electron chi connectivity index (χ1n) is 7.02. The summed E-state index contributed by atoms with van der Waals surface area (Å²) in [5.74, 6) is -2.53. The van der Waals surface area contributed by atoms with Crippen LogP contribution in [0.5, 0.6) is 0 Å². The van der Waals surface area contributed by atoms with Crippen molar-refractivity contribution in [1.29, 1.82) is 0 Å². The maximum atomic E-state index is 13.6. The second-order valence-electron chi connectivity index (χ2n) is 4.76. The lowest BCUT2D eigenvalue weighted by Crippen LogP contribution is -2.34. The Morgan fingerprint density at radius 1 is 1.29 bits per heavy atom. The number of nitrogens with one attached hydrogen (secondary N) is 1. The minimum atomic E-state index is -0.907. The average Bonchev–Trinajstić information content (AvgIpc) is 2.56. The van der Waals surface area contributed by atoms with Crippen LogP contribution < -0.4 is 10.2 Å². The van der Waals surface area contributed by atoms with E-state index in [-0.39, 0.29) is 24.6 Å². The number of hydrogen-bond donors (Lipinski definition) is 1. The minimum absolute atomic E-state index is 0.00848. The molecular formula is C15H14F2N4O3. The zero-order valence-corrected chi connectivity index (χ0v) is 12.7. The molecule has 24 heavy (non-hydrogen) atoms. The highest BCUT2D eigenvalue weighted by Crippen LogP contribution is 2.25. The average molecular weight is 336 g/mol. The van der Waals surface area contributed by atoms with Crippen LogP contribution in [0.4, 0.5) is 26.0 Å². The normalized spacial score (nSPS) is 10.3. The Bertz CT molecular complexity index is 750. The third kappa shape index (κ3) is 3.80. The summed E-state index contributed by atoms with van der Waals surface area (Å²) in [5.41, 5.74) is -0.821. The first-order chi connectivity index (χ1) is 11.4. The van der Waals surface area contributed by atoms with Gasteiger partial charge in [0.1, 0.15) is 17.3 Å². The van der Waals surface area contributed by atoms with Crippen molar-refractivity contribution in [1.82, 2.24) is 4.98 Å². The van der Waals surface area contributed by atoms with Gasteiger partial charge in [0, 0.05) is 18.8 Å². The van der Waals surface area contributed by atoms with Crippen LogP contribution in [0, 0.1) is 21.7 Å². The number of hydrogen-bond acceptors (Lipinski definition) is 5. The molecule has 2 aromatic rings. The molecule has 0 aliphatic carbocycles. The number of carbonyl (C=O) groups is 1. The van der Waals surface area contributed by atoms with Crippen molar-refractivity contribution in [3.05, 3.63) is 58.3 Å². The fraction of sp³-hybridized carbons (Fsp3) is 0.200. The van der Waals surface area contributed by atoms with E-state index in [2.05, 4.69) is 10.3 Å². The van der Waals surface area contributed by atoms with E-state index in [1.807, 2.05) is 0 Å². The number of nitrogens with zero attached hydrogens (tertiary/aromatic N) is 3. The van der Waals surface area contributed by atoms with E-state index in [0.29, 0.717) is 0 Å². The molecule has 1 N–H and O–H groups in total. The summed E-state index contributed by atoms with van der Waals surface area (Å²) in [4.78, 5) is 27.8. The topological polar surface area (TPSA) is 88.4 Å². The molecule has 0 saturated heterocycles. The second kappa shape index (κ2) is 7.44. The predicted octanol–water partition coefficient (Wildman–Crippen LogP) is 2.73. The van der Waals surface area contributed by atoms with Crippen LogP contribution in [0.1, 0.15) is 6.92 Å². The largest absolute Gasteiger partial charge is 0.342 e. The molecular weight excluding hydrogens is 322 g/mol. The van der Waals surface area contributed by atoms with Crippen molar-refractivity contribution >= 4 is 23.1 Å². The van der Waals surface area contributed by atoms with E-state index in [4.69, 9.17) is 0 Å². The number of pyridine rings is 1. The smallest absolute Gasteiger partial charge is 0.311 e. The molecule has 1 heterocycles. The Hall–Kier alpha value is -3.10. The lowest BCUT2D eigenvalue weighted by atomic mass is 10.3. The molecule has 2 rings (SSSR count). The molecule has 0 saturated carbocycles. The van der Waals surface area contributed by atoms with Crippen LogP contribution in [0.15, 0.2) is 36.5 Å². The van der Waals surface area contributed by atoms with E-state index in [0.717, 1.165) is 12.1 Å². The molecule has 1 aromatic carbocycles. The molecule has 9 heteroatoms. The van der Waals surface area contributed by atoms with Gasteiger partial charge in [0.2, 0.25) is 11.7 Å². The molecule has 126 valence electrons. The number of benzene rings is 1. The van der Waals surface area contributed by atoms with Gasteiger partial charge in [0.25, 0.3) is 0 Å². The molecule has 7 nitrogen and oxygen atoms in total. The van der Waals surface area contributed by atoms with Gasteiger partial charge in [-0.25, -0.2) is 13.8 Å². The van der Waals surface area contributed by atoms with Gasteiger partial charge in [-0.2, -0.15) is 0 Å². The highest BCUT2D eigenvalue weighted by molar-refractivity contribution is 5.94. The molecule has 0 fully saturated rings. The van der Waals surface area contributed by atoms with E-state index in [1.165, 1.54) is 29.3 Å². The maximum absolute atomic E-state index is 13.6. The lowest BCUT2D eigenvalue weighted by Gasteiger charge is -2.21. The summed E-state index contributed by atoms with van der Waals surface area (Å²) in [6.07, 6.45) is 1.36. The molecule has 1 aromatic heterocycles. The van der Waals surface area contributed by atoms with Crippen molar-refractivity contribution in [3.8, 4) is 0 Å². The predicted molar refractivity (Wildman–Crippen MR) is 83.8 cm³/mol. The number of rotatable bonds is 6. The molecule has 0 aliphatic heterocycles. The van der Waals surface area contributed by atoms with E-state index in [1.54, 1.807) is 6.92 Å². The quantitative estimate of drug-likeness (QED) is 0.647. The van der Waals surface area contributed by atoms with Crippen LogP contribution in [-0.4, -0.2) is 28.9 Å². The molecule has 0 aliphatic rings. The van der Waals surface area contributed by atoms with Gasteiger partial charge in [-0.05, 0) is 25.1 Å². The van der Waals surface area contributed by atoms with Crippen molar-refractivity contribution in [2.24, 2.45) is 0 Å². The van der Waals surface area contributed by atoms with Gasteiger partial charge in [0.15, 0.2) is 0 Å². The summed E-state index contributed by atoms with van der Waals surface area (Å²) in [7, 11) is 0. The van der Waals surface area contributed by atoms with E-state index in [9.17, 15) is 23.7 Å². The molecule has 0 spiro atoms. The van der Waals surface area contributed by atoms with Crippen molar-refractivity contribution in [2.45, 2.75) is 6.92 Å². The Kier molecular flexibility index (Phi) is 5.35. The fourth-order valence-electron chi connectivity index (χ4n) is 2.08. The standard InChI is InChI=1S/C15H14F2N4O3/c1-2-20(15-12(21(23)24)7-4-8-18-15)9-13(22)19-14-10(16)5-3-6-11(14)17/h3-8H,2,9H2,1H3,(H,19,22). The number of likely N-dealkylation sites (N-methyl/N-ethyl adjacent to an activating group) is 1. The SMILES string of the molecule is CCN(CC(=O)Nc1c(F)cccc1F)c1ncccc1[N+](=O)[O-]. The highest BCUT2D eigenvalue weighted by Gasteiger charge is 2.22. The van der Waals surface area contributed by atoms with Crippen LogP contribution in [0.3, 0.4) is 0 Å². The Labute approximate surface area is 136 Å². The summed E-state index contributed by atoms with van der Waals surface area (Å²) < 4.78 is 27.1. The summed E-state index contributed by atoms with van der Waals surface area (Å²) >= 11 is 0. The first kappa shape index (κ1) is 17.3. The molecule has 0 bridgehead atoms. The number of amides is 1. The van der Waals surface area contributed by atoms with Gasteiger partial charge >= 0.3 is 5.69 Å². The summed E-state index contributed by atoms with van der Waals surface area (Å²) in [6, 6.07) is 5.87. The molecule has 0 radical (unpaired) electrons. The zero-order valence-electron chi connectivity index (χ0n) is 12.7. The van der Waals surface area contributed by atoms with Gasteiger partial charge in [-0.3, -0.25) is 14.9 Å². The van der Waals surface area contributed by atoms with E-state index < -0.39 is 28.2 Å². The van der Waals surface area contributed by atoms with Crippen molar-refractivity contribution in [3.63, 3.8) is 0 Å². The highest BCUT2D eigenvalue weighted by atomic mass is 19.1. The van der Waals surface area contributed by atoms with Crippen molar-refractivity contribution in [2.75, 3.05) is 23.3 Å². The Morgan fingerprint density at radius 2 is 1.96 bits per heavy atom. The molecule has 0 atom stereocenters. The van der Waals surface area contributed by atoms with E-state index >= 15 is 0 Å². The Balaban J connectivity index is 2.19. The molecule has 1 amide bonds. The zero-order chi connectivity index (χ0) is 17.7. The van der Waals surface area contributed by atoms with Gasteiger partial charge < -0.3 is 10.2 Å². The Morgan fingerprint density at radius 3 is 2.54 bits per heavy atom. The number of carbonyl (C=O) groups excluding carboxylic acids is 1. The third-order valence-electron chi connectivity index (χ3n) is 3.21. The van der Waals surface area contributed by atoms with Gasteiger partial charge in [-0.15, -0.1) is 0 Å². The number of aromatic nitrogens is 1. The maximum Gasteiger partial charge on any atom is 0.311 e. The van der Waals surface area contributed by atoms with Crippen molar-refractivity contribution < 1.29 is 18.5 Å². The molecule has 0 unspecified atom stereocenters. The van der Waals surface area contributed by atoms with Gasteiger partial charge in [0.05, 0.1) is 11.5 Å². The summed E-state index contributed by atoms with van der Waals surface area (Å²) in [5, 5.41) is 13.2. The second-order valence-corrected chi connectivity index (χ2v) is 4.76. The number of para-hydroxylation sites is 1. The third-order valence-corrected chi connectivity index (χ3v) is 3.21. The number of anilines is 2. The fourth-order valence-corrected chi connectivity index (χ4v) is 2.08. The van der Waals surface area contributed by atoms with Crippen LogP contribution in [0.2, 0.25) is 0 Å².